The molecule has 2 aliphatic rings. The van der Waals surface area contributed by atoms with E-state index in [-0.39, 0.29) is 53.2 Å². The van der Waals surface area contributed by atoms with Crippen molar-refractivity contribution in [1.29, 1.82) is 0 Å². The average molecular weight is 593 g/mol. The van der Waals surface area contributed by atoms with E-state index in [1.807, 2.05) is 0 Å². The predicted molar refractivity (Wildman–Crippen MR) is 147 cm³/mol. The zero-order chi connectivity index (χ0) is 29.1. The summed E-state index contributed by atoms with van der Waals surface area (Å²) in [4.78, 5) is 16.5. The van der Waals surface area contributed by atoms with Gasteiger partial charge in [0.05, 0.1) is 44.6 Å². The van der Waals surface area contributed by atoms with E-state index in [0.29, 0.717) is 35.7 Å². The van der Waals surface area contributed by atoms with E-state index in [9.17, 15) is 18.0 Å². The molecule has 2 saturated heterocycles. The highest BCUT2D eigenvalue weighted by Crippen LogP contribution is 2.40. The summed E-state index contributed by atoms with van der Waals surface area (Å²) < 4.78 is 67.7. The third kappa shape index (κ3) is 6.64. The SMILES string of the molecule is CNC(=O)c1cc(NCC#Cc2nc3c(N[C@@H]4C[C@H]5COC[C@H](N5)[C@@H]4F)cccn3c2SC(F)(F)F)cc(OC)c1. The van der Waals surface area contributed by atoms with Crippen LogP contribution in [0.4, 0.5) is 28.9 Å². The predicted octanol–water partition coefficient (Wildman–Crippen LogP) is 3.66. The molecule has 4 heterocycles. The molecule has 0 unspecified atom stereocenters. The topological polar surface area (TPSA) is 101 Å². The Bertz CT molecular complexity index is 1490. The van der Waals surface area contributed by atoms with E-state index in [4.69, 9.17) is 9.47 Å². The maximum absolute atomic E-state index is 15.2. The smallest absolute Gasteiger partial charge is 0.447 e. The molecule has 41 heavy (non-hydrogen) atoms. The molecule has 2 aliphatic heterocycles. The Hall–Kier alpha value is -3.67. The third-order valence-electron chi connectivity index (χ3n) is 6.75. The van der Waals surface area contributed by atoms with Crippen molar-refractivity contribution in [3.63, 3.8) is 0 Å². The highest BCUT2D eigenvalue weighted by molar-refractivity contribution is 8.00. The number of carbonyl (C=O) groups excluding carboxylic acids is 1. The van der Waals surface area contributed by atoms with Crippen LogP contribution in [0.2, 0.25) is 0 Å². The van der Waals surface area contributed by atoms with Crippen LogP contribution in [0.3, 0.4) is 0 Å². The van der Waals surface area contributed by atoms with Gasteiger partial charge in [0.2, 0.25) is 0 Å². The first-order chi connectivity index (χ1) is 19.6. The number of hydrogen-bond acceptors (Lipinski definition) is 8. The molecule has 0 aliphatic carbocycles. The normalized spacial score (nSPS) is 22.0. The number of rotatable bonds is 7. The molecule has 218 valence electrons. The first kappa shape index (κ1) is 28.8. The second-order valence-electron chi connectivity index (χ2n) is 9.55. The number of nitrogens with zero attached hydrogens (tertiary/aromatic N) is 2. The van der Waals surface area contributed by atoms with Crippen LogP contribution >= 0.6 is 11.8 Å². The number of benzene rings is 1. The highest BCUT2D eigenvalue weighted by atomic mass is 32.2. The van der Waals surface area contributed by atoms with E-state index in [1.54, 1.807) is 30.3 Å². The molecule has 4 N–H and O–H groups in total. The third-order valence-corrected chi connectivity index (χ3v) is 7.57. The Morgan fingerprint density at radius 3 is 2.90 bits per heavy atom. The van der Waals surface area contributed by atoms with E-state index < -0.39 is 23.8 Å². The quantitative estimate of drug-likeness (QED) is 0.188. The number of methoxy groups -OCH3 is 1. The Kier molecular flexibility index (Phi) is 8.48. The number of carbonyl (C=O) groups is 1. The van der Waals surface area contributed by atoms with Gasteiger partial charge < -0.3 is 30.7 Å². The van der Waals surface area contributed by atoms with Crippen LogP contribution in [0.5, 0.6) is 5.75 Å². The number of ether oxygens (including phenoxy) is 2. The fraction of sp³-hybridized carbons (Fsp3) is 0.407. The van der Waals surface area contributed by atoms with Gasteiger partial charge in [-0.1, -0.05) is 5.92 Å². The van der Waals surface area contributed by atoms with Crippen LogP contribution in [-0.2, 0) is 4.74 Å². The lowest BCUT2D eigenvalue weighted by molar-refractivity contribution is -0.0330. The molecule has 0 saturated carbocycles. The minimum Gasteiger partial charge on any atom is -0.497 e. The van der Waals surface area contributed by atoms with Crippen molar-refractivity contribution in [2.45, 2.75) is 41.3 Å². The summed E-state index contributed by atoms with van der Waals surface area (Å²) in [5, 5.41) is 11.8. The van der Waals surface area contributed by atoms with Gasteiger partial charge in [0.1, 0.15) is 22.6 Å². The number of imidazole rings is 1. The van der Waals surface area contributed by atoms with Gasteiger partial charge in [0, 0.05) is 48.4 Å². The van der Waals surface area contributed by atoms with Crippen molar-refractivity contribution in [3.8, 4) is 17.6 Å². The average Bonchev–Trinajstić information content (AvgIpc) is 3.30. The van der Waals surface area contributed by atoms with Gasteiger partial charge in [-0.05, 0) is 36.6 Å². The number of alkyl halides is 4. The molecule has 1 aromatic carbocycles. The molecule has 3 aromatic rings. The summed E-state index contributed by atoms with van der Waals surface area (Å²) in [6, 6.07) is 7.07. The van der Waals surface area contributed by atoms with Crippen molar-refractivity contribution in [3.05, 3.63) is 47.8 Å². The Morgan fingerprint density at radius 1 is 1.32 bits per heavy atom. The fourth-order valence-corrected chi connectivity index (χ4v) is 5.59. The zero-order valence-electron chi connectivity index (χ0n) is 22.1. The molecule has 9 nitrogen and oxygen atoms in total. The molecule has 4 atom stereocenters. The largest absolute Gasteiger partial charge is 0.497 e. The lowest BCUT2D eigenvalue weighted by Crippen LogP contribution is -2.63. The second kappa shape index (κ2) is 12.1. The van der Waals surface area contributed by atoms with Crippen LogP contribution in [0.25, 0.3) is 5.65 Å². The number of halogens is 4. The molecule has 2 aromatic heterocycles. The summed E-state index contributed by atoms with van der Waals surface area (Å²) in [6.07, 6.45) is 0.671. The molecular formula is C27H28F4N6O3S. The first-order valence-electron chi connectivity index (χ1n) is 12.8. The number of morpholine rings is 1. The van der Waals surface area contributed by atoms with Gasteiger partial charge in [-0.15, -0.1) is 0 Å². The summed E-state index contributed by atoms with van der Waals surface area (Å²) in [5.74, 6) is 5.70. The molecule has 2 bridgehead atoms. The molecule has 0 radical (unpaired) electrons. The first-order valence-corrected chi connectivity index (χ1v) is 13.6. The summed E-state index contributed by atoms with van der Waals surface area (Å²) in [7, 11) is 2.98. The van der Waals surface area contributed by atoms with Gasteiger partial charge in [0.15, 0.2) is 5.65 Å². The number of thioether (sulfide) groups is 1. The summed E-state index contributed by atoms with van der Waals surface area (Å²) in [5.41, 5.74) is -3.11. The second-order valence-corrected chi connectivity index (χ2v) is 10.6. The van der Waals surface area contributed by atoms with Crippen molar-refractivity contribution >= 4 is 34.7 Å². The zero-order valence-corrected chi connectivity index (χ0v) is 23.0. The number of piperidine rings is 1. The number of amides is 1. The minimum absolute atomic E-state index is 0.0139. The monoisotopic (exact) mass is 592 g/mol. The van der Waals surface area contributed by atoms with E-state index in [0.717, 1.165) is 0 Å². The fourth-order valence-electron chi connectivity index (χ4n) is 4.93. The minimum atomic E-state index is -4.58. The number of fused-ring (bicyclic) bond motifs is 3. The van der Waals surface area contributed by atoms with Crippen LogP contribution in [0.15, 0.2) is 41.6 Å². The molecule has 2 fully saturated rings. The number of aromatic nitrogens is 2. The van der Waals surface area contributed by atoms with Crippen molar-refractivity contribution < 1.29 is 31.8 Å². The summed E-state index contributed by atoms with van der Waals surface area (Å²) in [6.45, 7) is 0.781. The van der Waals surface area contributed by atoms with Crippen molar-refractivity contribution in [1.82, 2.24) is 20.0 Å². The Balaban J connectivity index is 1.40. The maximum Gasteiger partial charge on any atom is 0.447 e. The Morgan fingerprint density at radius 2 is 2.15 bits per heavy atom. The lowest BCUT2D eigenvalue weighted by atomic mass is 9.90. The Labute approximate surface area is 237 Å². The van der Waals surface area contributed by atoms with Crippen LogP contribution in [0, 0.1) is 11.8 Å². The molecule has 1 amide bonds. The van der Waals surface area contributed by atoms with Gasteiger partial charge in [0.25, 0.3) is 5.91 Å². The highest BCUT2D eigenvalue weighted by Gasteiger charge is 2.41. The summed E-state index contributed by atoms with van der Waals surface area (Å²) >= 11 is -0.312. The van der Waals surface area contributed by atoms with Crippen molar-refractivity contribution in [2.24, 2.45) is 0 Å². The van der Waals surface area contributed by atoms with Crippen LogP contribution in [-0.4, -0.2) is 79.0 Å². The number of pyridine rings is 1. The number of hydrogen-bond donors (Lipinski definition) is 4. The number of nitrogens with one attached hydrogen (secondary N) is 4. The lowest BCUT2D eigenvalue weighted by Gasteiger charge is -2.42. The maximum atomic E-state index is 15.2. The van der Waals surface area contributed by atoms with Gasteiger partial charge in [-0.3, -0.25) is 9.20 Å². The van der Waals surface area contributed by atoms with Crippen LogP contribution in [0.1, 0.15) is 22.5 Å². The van der Waals surface area contributed by atoms with E-state index in [2.05, 4.69) is 38.1 Å². The standard InChI is InChI=1S/C27H28F4N6O3S/c1-32-25(38)15-9-16(11-18(10-15)39-2)33-7-3-5-20-26(41-27(29,30)31)37-8-4-6-19(24(37)36-20)35-21-12-17-13-40-14-22(34-17)23(21)28/h4,6,8-11,17,21-23,33-35H,7,12-14H2,1-2H3,(H,32,38)/t17-,21+,22-,23+/m0/s1. The van der Waals surface area contributed by atoms with Crippen molar-refractivity contribution in [2.75, 3.05) is 44.5 Å². The van der Waals surface area contributed by atoms with E-state index >= 15 is 4.39 Å². The molecule has 5 rings (SSSR count). The van der Waals surface area contributed by atoms with Gasteiger partial charge in [-0.25, -0.2) is 9.37 Å². The molecular weight excluding hydrogens is 564 g/mol. The van der Waals surface area contributed by atoms with E-state index in [1.165, 1.54) is 24.8 Å². The number of anilines is 2. The molecule has 14 heteroatoms. The van der Waals surface area contributed by atoms with Crippen LogP contribution < -0.4 is 26.0 Å². The van der Waals surface area contributed by atoms with Gasteiger partial charge >= 0.3 is 5.51 Å². The van der Waals surface area contributed by atoms with Gasteiger partial charge in [-0.2, -0.15) is 13.2 Å². The molecule has 0 spiro atoms.